The Morgan fingerprint density at radius 3 is 2.83 bits per heavy atom. The molecule has 0 aliphatic carbocycles. The molecular formula is C20H30N4O5. The van der Waals surface area contributed by atoms with Gasteiger partial charge in [-0.2, -0.15) is 9.72 Å². The number of amides is 3. The highest BCUT2D eigenvalue weighted by Crippen LogP contribution is 2.23. The number of unbranched alkanes of at least 4 members (excludes halogenated alkanes) is 1. The first kappa shape index (κ1) is 22.6. The van der Waals surface area contributed by atoms with Gasteiger partial charge in [-0.15, -0.1) is 0 Å². The van der Waals surface area contributed by atoms with Gasteiger partial charge in [-0.25, -0.2) is 5.06 Å². The molecule has 0 saturated carbocycles. The van der Waals surface area contributed by atoms with Crippen LogP contribution in [0.4, 0.5) is 0 Å². The molecule has 1 aliphatic rings. The molecule has 0 unspecified atom stereocenters. The van der Waals surface area contributed by atoms with E-state index in [1.165, 1.54) is 11.1 Å². The van der Waals surface area contributed by atoms with Gasteiger partial charge in [-0.3, -0.25) is 19.6 Å². The molecule has 1 aliphatic heterocycles. The lowest BCUT2D eigenvalue weighted by Crippen LogP contribution is -2.46. The molecule has 160 valence electrons. The Balaban J connectivity index is 2.22. The van der Waals surface area contributed by atoms with Crippen molar-refractivity contribution in [1.82, 2.24) is 14.7 Å². The summed E-state index contributed by atoms with van der Waals surface area (Å²) in [5, 5.41) is 20.0. The van der Waals surface area contributed by atoms with Gasteiger partial charge in [0.15, 0.2) is 5.49 Å². The van der Waals surface area contributed by atoms with Crippen molar-refractivity contribution in [2.75, 3.05) is 13.1 Å². The van der Waals surface area contributed by atoms with Gasteiger partial charge in [-0.05, 0) is 43.4 Å². The molecule has 3 amide bonds. The molecule has 1 fully saturated rings. The zero-order chi connectivity index (χ0) is 21.4. The van der Waals surface area contributed by atoms with Crippen molar-refractivity contribution in [3.63, 3.8) is 0 Å². The van der Waals surface area contributed by atoms with E-state index in [2.05, 4.69) is 4.99 Å². The third-order valence-electron chi connectivity index (χ3n) is 5.22. The van der Waals surface area contributed by atoms with Crippen molar-refractivity contribution in [1.29, 1.82) is 0 Å². The van der Waals surface area contributed by atoms with E-state index in [4.69, 9.17) is 0 Å². The normalized spacial score (nSPS) is 18.0. The smallest absolute Gasteiger partial charge is 0.270 e. The van der Waals surface area contributed by atoms with E-state index >= 15 is 0 Å². The topological polar surface area (TPSA) is 115 Å². The average Bonchev–Trinajstić information content (AvgIpc) is 3.21. The highest BCUT2D eigenvalue weighted by molar-refractivity contribution is 5.89. The number of pyridine rings is 1. The third-order valence-corrected chi connectivity index (χ3v) is 5.22. The Morgan fingerprint density at radius 1 is 1.41 bits per heavy atom. The summed E-state index contributed by atoms with van der Waals surface area (Å²) in [6.07, 6.45) is 5.76. The van der Waals surface area contributed by atoms with E-state index in [-0.39, 0.29) is 24.3 Å². The third kappa shape index (κ3) is 5.90. The number of aryl methyl sites for hydroxylation is 1. The minimum Gasteiger partial charge on any atom is -0.427 e. The van der Waals surface area contributed by atoms with Crippen LogP contribution < -0.4 is 5.49 Å². The van der Waals surface area contributed by atoms with Gasteiger partial charge in [0.05, 0.1) is 12.5 Å². The lowest BCUT2D eigenvalue weighted by molar-refractivity contribution is -0.157. The van der Waals surface area contributed by atoms with E-state index in [0.717, 1.165) is 29.6 Å². The Morgan fingerprint density at radius 2 is 2.17 bits per heavy atom. The molecule has 1 aromatic rings. The predicted octanol–water partition coefficient (Wildman–Crippen LogP) is 1.36. The molecule has 0 bridgehead atoms. The number of carbonyl (C=O) groups excluding carboxylic acids is 3. The lowest BCUT2D eigenvalue weighted by Gasteiger charge is -2.28. The summed E-state index contributed by atoms with van der Waals surface area (Å²) in [5.41, 5.74) is 1.05. The lowest BCUT2D eigenvalue weighted by atomic mass is 9.99. The van der Waals surface area contributed by atoms with Gasteiger partial charge in [0.2, 0.25) is 12.3 Å². The fourth-order valence-corrected chi connectivity index (χ4v) is 3.55. The predicted molar refractivity (Wildman–Crippen MR) is 104 cm³/mol. The number of hydrogen-bond donors (Lipinski definition) is 2. The van der Waals surface area contributed by atoms with Crippen LogP contribution in [0.3, 0.4) is 0 Å². The number of hydroxylamine groups is 2. The molecule has 29 heavy (non-hydrogen) atoms. The number of carbonyl (C=O) groups is 3. The Hall–Kier alpha value is -2.68. The Labute approximate surface area is 170 Å². The Kier molecular flexibility index (Phi) is 8.38. The van der Waals surface area contributed by atoms with E-state index in [0.29, 0.717) is 30.9 Å². The zero-order valence-electron chi connectivity index (χ0n) is 17.0. The first-order valence-corrected chi connectivity index (χ1v) is 10.1. The molecule has 2 N–H and O–H groups in total. The molecule has 0 aromatic carbocycles. The van der Waals surface area contributed by atoms with Crippen molar-refractivity contribution in [3.8, 4) is 0 Å². The number of nitrogens with zero attached hydrogens (tertiary/aromatic N) is 4. The molecule has 0 radical (unpaired) electrons. The van der Waals surface area contributed by atoms with Crippen molar-refractivity contribution in [2.24, 2.45) is 10.9 Å². The van der Waals surface area contributed by atoms with Crippen molar-refractivity contribution >= 4 is 18.2 Å². The van der Waals surface area contributed by atoms with Crippen LogP contribution in [0.1, 0.15) is 51.5 Å². The second-order valence-electron chi connectivity index (χ2n) is 7.30. The highest BCUT2D eigenvalue weighted by atomic mass is 16.5. The molecule has 0 spiro atoms. The number of likely N-dealkylation sites (tertiary alicyclic amines) is 1. The maximum atomic E-state index is 13.1. The maximum absolute atomic E-state index is 13.1. The molecule has 2 atom stereocenters. The summed E-state index contributed by atoms with van der Waals surface area (Å²) in [4.78, 5) is 42.2. The van der Waals surface area contributed by atoms with Gasteiger partial charge < -0.3 is 10.1 Å². The summed E-state index contributed by atoms with van der Waals surface area (Å²) in [5.74, 6) is -1.33. The molecule has 1 aromatic heterocycles. The van der Waals surface area contributed by atoms with Crippen molar-refractivity contribution in [2.45, 2.75) is 58.4 Å². The van der Waals surface area contributed by atoms with Crippen molar-refractivity contribution in [3.05, 3.63) is 29.4 Å². The van der Waals surface area contributed by atoms with Crippen LogP contribution in [0.5, 0.6) is 0 Å². The summed E-state index contributed by atoms with van der Waals surface area (Å²) in [6.45, 7) is 4.27. The van der Waals surface area contributed by atoms with E-state index in [1.54, 1.807) is 12.1 Å². The second-order valence-corrected chi connectivity index (χ2v) is 7.30. The first-order chi connectivity index (χ1) is 13.9. The molecule has 1 saturated heterocycles. The van der Waals surface area contributed by atoms with Gasteiger partial charge >= 0.3 is 0 Å². The van der Waals surface area contributed by atoms with Crippen LogP contribution in [-0.2, 0) is 20.8 Å². The monoisotopic (exact) mass is 406 g/mol. The van der Waals surface area contributed by atoms with Crippen LogP contribution in [0, 0.1) is 5.92 Å². The van der Waals surface area contributed by atoms with Gasteiger partial charge in [0.25, 0.3) is 5.91 Å². The largest absolute Gasteiger partial charge is 0.427 e. The SMILES string of the molecule is CCCC[C@H](CN(O)C=O)C(=O)N1CCC[C@H]1C(=O)N=c1cc(CC)ccn1O. The Bertz CT molecular complexity index is 791. The number of aromatic nitrogens is 1. The summed E-state index contributed by atoms with van der Waals surface area (Å²) >= 11 is 0. The van der Waals surface area contributed by atoms with Crippen LogP contribution >= 0.6 is 0 Å². The standard InChI is InChI=1S/C20H30N4O5/c1-3-5-7-16(13-22(28)14-25)20(27)23-10-6-8-17(23)19(26)21-18-12-15(4-2)9-11-24(18)29/h9,11-12,14,16-17,28-29H,3-8,10,13H2,1-2H3/t16-,17+/m1/s1. The summed E-state index contributed by atoms with van der Waals surface area (Å²) < 4.78 is 0.788. The summed E-state index contributed by atoms with van der Waals surface area (Å²) in [7, 11) is 0. The quantitative estimate of drug-likeness (QED) is 0.278. The van der Waals surface area contributed by atoms with Gasteiger partial charge in [0.1, 0.15) is 6.04 Å². The molecule has 9 heteroatoms. The first-order valence-electron chi connectivity index (χ1n) is 10.1. The second kappa shape index (κ2) is 10.8. The van der Waals surface area contributed by atoms with E-state index in [9.17, 15) is 24.8 Å². The fourth-order valence-electron chi connectivity index (χ4n) is 3.55. The van der Waals surface area contributed by atoms with Crippen LogP contribution in [0.15, 0.2) is 23.3 Å². The number of hydrogen-bond acceptors (Lipinski definition) is 5. The number of rotatable bonds is 9. The van der Waals surface area contributed by atoms with E-state index < -0.39 is 17.9 Å². The maximum Gasteiger partial charge on any atom is 0.270 e. The molecule has 2 rings (SSSR count). The average molecular weight is 406 g/mol. The van der Waals surface area contributed by atoms with Crippen LogP contribution in [0.25, 0.3) is 0 Å². The zero-order valence-corrected chi connectivity index (χ0v) is 17.0. The highest BCUT2D eigenvalue weighted by Gasteiger charge is 2.37. The van der Waals surface area contributed by atoms with Crippen LogP contribution in [-0.4, -0.2) is 62.5 Å². The fraction of sp³-hybridized carbons (Fsp3) is 0.600. The van der Waals surface area contributed by atoms with E-state index in [1.807, 2.05) is 13.8 Å². The van der Waals surface area contributed by atoms with Gasteiger partial charge in [-0.1, -0.05) is 26.7 Å². The summed E-state index contributed by atoms with van der Waals surface area (Å²) in [6, 6.07) is 2.66. The minimum absolute atomic E-state index is 0.105. The molecular weight excluding hydrogens is 376 g/mol. The molecule has 9 nitrogen and oxygen atoms in total. The van der Waals surface area contributed by atoms with Crippen molar-refractivity contribution < 1.29 is 24.8 Å². The van der Waals surface area contributed by atoms with Crippen LogP contribution in [0.2, 0.25) is 0 Å². The molecule has 2 heterocycles. The van der Waals surface area contributed by atoms with Gasteiger partial charge in [0, 0.05) is 12.7 Å². The minimum atomic E-state index is -0.708.